The molecule has 1 rings (SSSR count). The number of alkyl halides is 3. The summed E-state index contributed by atoms with van der Waals surface area (Å²) in [5, 5.41) is 10.5. The topological polar surface area (TPSA) is 61.0 Å². The molecule has 90 valence electrons. The molecule has 0 bridgehead atoms. The molecule has 1 aromatic heterocycles. The first kappa shape index (κ1) is 12.5. The average Bonchev–Trinajstić information content (AvgIpc) is 2.44. The number of hydrogen-bond acceptors (Lipinski definition) is 3. The second-order valence-electron chi connectivity index (χ2n) is 3.60. The van der Waals surface area contributed by atoms with Gasteiger partial charge in [-0.25, -0.2) is 4.57 Å². The molecule has 0 saturated carbocycles. The lowest BCUT2D eigenvalue weighted by Crippen LogP contribution is -2.21. The third-order valence-electron chi connectivity index (χ3n) is 1.96. The van der Waals surface area contributed by atoms with Crippen LogP contribution < -0.4 is 0 Å². The van der Waals surface area contributed by atoms with E-state index in [-0.39, 0.29) is 11.6 Å². The van der Waals surface area contributed by atoms with E-state index in [1.54, 1.807) is 13.8 Å². The van der Waals surface area contributed by atoms with Crippen LogP contribution in [0.3, 0.4) is 0 Å². The molecule has 8 heteroatoms. The van der Waals surface area contributed by atoms with Gasteiger partial charge in [-0.3, -0.25) is 0 Å². The molecule has 0 aliphatic carbocycles. The van der Waals surface area contributed by atoms with E-state index in [1.807, 2.05) is 0 Å². The summed E-state index contributed by atoms with van der Waals surface area (Å²) < 4.78 is 37.3. The van der Waals surface area contributed by atoms with Gasteiger partial charge in [0.25, 0.3) is 0 Å². The number of nitrogens with zero attached hydrogens (tertiary/aromatic N) is 3. The maximum Gasteiger partial charge on any atom is 0.435 e. The van der Waals surface area contributed by atoms with Crippen molar-refractivity contribution in [3.8, 4) is 0 Å². The fourth-order valence-electron chi connectivity index (χ4n) is 1.33. The van der Waals surface area contributed by atoms with Gasteiger partial charge in [0, 0.05) is 5.92 Å². The zero-order valence-electron chi connectivity index (χ0n) is 8.65. The maximum atomic E-state index is 12.2. The largest absolute Gasteiger partial charge is 0.435 e. The van der Waals surface area contributed by atoms with E-state index in [2.05, 4.69) is 4.98 Å². The van der Waals surface area contributed by atoms with Gasteiger partial charge < -0.3 is 10.1 Å². The Morgan fingerprint density at radius 3 is 2.50 bits per heavy atom. The van der Waals surface area contributed by atoms with Gasteiger partial charge in [-0.2, -0.15) is 13.2 Å². The number of rotatable bonds is 3. The van der Waals surface area contributed by atoms with Gasteiger partial charge in [0.05, 0.1) is 0 Å². The molecule has 1 aromatic rings. The minimum absolute atomic E-state index is 0.198. The summed E-state index contributed by atoms with van der Waals surface area (Å²) in [7, 11) is 0. The number of halogens is 3. The number of nitro groups is 1. The highest BCUT2D eigenvalue weighted by molar-refractivity contribution is 5.18. The van der Waals surface area contributed by atoms with Gasteiger partial charge in [0.1, 0.15) is 11.9 Å². The number of hydrogen-bond donors (Lipinski definition) is 0. The third-order valence-corrected chi connectivity index (χ3v) is 1.96. The van der Waals surface area contributed by atoms with E-state index in [4.69, 9.17) is 0 Å². The van der Waals surface area contributed by atoms with Crippen LogP contribution in [0.1, 0.15) is 25.5 Å². The molecule has 0 unspecified atom stereocenters. The molecule has 0 atom stereocenters. The molecule has 0 aliphatic rings. The average molecular weight is 237 g/mol. The predicted molar refractivity (Wildman–Crippen MR) is 49.0 cm³/mol. The Morgan fingerprint density at radius 2 is 2.12 bits per heavy atom. The van der Waals surface area contributed by atoms with Gasteiger partial charge in [-0.1, -0.05) is 18.8 Å². The van der Waals surface area contributed by atoms with Crippen LogP contribution >= 0.6 is 0 Å². The molecule has 0 fully saturated rings. The Balaban J connectivity index is 3.19. The van der Waals surface area contributed by atoms with Crippen molar-refractivity contribution >= 4 is 5.95 Å². The van der Waals surface area contributed by atoms with E-state index in [0.29, 0.717) is 4.57 Å². The number of imidazole rings is 1. The quantitative estimate of drug-likeness (QED) is 0.599. The molecule has 0 radical (unpaired) electrons. The van der Waals surface area contributed by atoms with Crippen LogP contribution in [-0.2, 0) is 6.54 Å². The van der Waals surface area contributed by atoms with Gasteiger partial charge in [-0.05, 0) is 4.92 Å². The highest BCUT2D eigenvalue weighted by atomic mass is 19.4. The first-order chi connectivity index (χ1) is 7.22. The third kappa shape index (κ3) is 2.71. The van der Waals surface area contributed by atoms with Crippen molar-refractivity contribution in [2.45, 2.75) is 32.5 Å². The highest BCUT2D eigenvalue weighted by Gasteiger charge is 2.35. The molecule has 0 aliphatic heterocycles. The lowest BCUT2D eigenvalue weighted by Gasteiger charge is -2.10. The summed E-state index contributed by atoms with van der Waals surface area (Å²) in [6.45, 7) is 1.90. The summed E-state index contributed by atoms with van der Waals surface area (Å²) in [5.41, 5.74) is 0.198. The number of aromatic nitrogens is 2. The Bertz CT molecular complexity index is 398. The zero-order chi connectivity index (χ0) is 12.5. The van der Waals surface area contributed by atoms with Crippen molar-refractivity contribution in [3.63, 3.8) is 0 Å². The van der Waals surface area contributed by atoms with Gasteiger partial charge >= 0.3 is 12.1 Å². The zero-order valence-corrected chi connectivity index (χ0v) is 8.65. The summed E-state index contributed by atoms with van der Waals surface area (Å²) >= 11 is 0. The van der Waals surface area contributed by atoms with Crippen LogP contribution in [0.15, 0.2) is 6.20 Å². The molecular formula is C8H10F3N3O2. The molecule has 16 heavy (non-hydrogen) atoms. The van der Waals surface area contributed by atoms with E-state index in [0.717, 1.165) is 6.20 Å². The minimum Gasteiger partial charge on any atom is -0.390 e. The van der Waals surface area contributed by atoms with Crippen LogP contribution in [0, 0.1) is 10.1 Å². The Hall–Kier alpha value is -1.60. The smallest absolute Gasteiger partial charge is 0.390 e. The molecule has 0 spiro atoms. The SMILES string of the molecule is CC(C)c1cnc([N+](=O)[O-])n1CC(F)(F)F. The van der Waals surface area contributed by atoms with Crippen molar-refractivity contribution in [1.29, 1.82) is 0 Å². The lowest BCUT2D eigenvalue weighted by atomic mass is 10.1. The fraction of sp³-hybridized carbons (Fsp3) is 0.625. The summed E-state index contributed by atoms with van der Waals surface area (Å²) in [6, 6.07) is 0. The van der Waals surface area contributed by atoms with Crippen molar-refractivity contribution < 1.29 is 18.1 Å². The van der Waals surface area contributed by atoms with Crippen LogP contribution in [-0.4, -0.2) is 20.7 Å². The normalized spacial score (nSPS) is 12.1. The highest BCUT2D eigenvalue weighted by Crippen LogP contribution is 2.26. The summed E-state index contributed by atoms with van der Waals surface area (Å²) in [6.07, 6.45) is -3.40. The van der Waals surface area contributed by atoms with Gasteiger partial charge in [-0.15, -0.1) is 0 Å². The van der Waals surface area contributed by atoms with Crippen LogP contribution in [0.5, 0.6) is 0 Å². The Kier molecular flexibility index (Phi) is 3.20. The lowest BCUT2D eigenvalue weighted by molar-refractivity contribution is -0.397. The molecular weight excluding hydrogens is 227 g/mol. The van der Waals surface area contributed by atoms with E-state index in [1.165, 1.54) is 0 Å². The second kappa shape index (κ2) is 4.11. The second-order valence-corrected chi connectivity index (χ2v) is 3.60. The van der Waals surface area contributed by atoms with Crippen molar-refractivity contribution in [1.82, 2.24) is 9.55 Å². The first-order valence-corrected chi connectivity index (χ1v) is 4.49. The van der Waals surface area contributed by atoms with Crippen LogP contribution in [0.25, 0.3) is 0 Å². The van der Waals surface area contributed by atoms with Crippen LogP contribution in [0.2, 0.25) is 0 Å². The van der Waals surface area contributed by atoms with Crippen molar-refractivity contribution in [2.75, 3.05) is 0 Å². The van der Waals surface area contributed by atoms with Gasteiger partial charge in [0.2, 0.25) is 0 Å². The Labute approximate surface area is 89.0 Å². The molecule has 0 saturated heterocycles. The van der Waals surface area contributed by atoms with E-state index < -0.39 is 23.6 Å². The molecule has 5 nitrogen and oxygen atoms in total. The standard InChI is InChI=1S/C8H10F3N3O2/c1-5(2)6-3-12-7(14(15)16)13(6)4-8(9,10)11/h3,5H,4H2,1-2H3. The fourth-order valence-corrected chi connectivity index (χ4v) is 1.33. The first-order valence-electron chi connectivity index (χ1n) is 4.49. The minimum atomic E-state index is -4.50. The molecule has 0 N–H and O–H groups in total. The Morgan fingerprint density at radius 1 is 1.56 bits per heavy atom. The molecule has 0 amide bonds. The van der Waals surface area contributed by atoms with Crippen LogP contribution in [0.4, 0.5) is 19.1 Å². The van der Waals surface area contributed by atoms with Crippen molar-refractivity contribution in [3.05, 3.63) is 22.0 Å². The van der Waals surface area contributed by atoms with E-state index in [9.17, 15) is 23.3 Å². The summed E-state index contributed by atoms with van der Waals surface area (Å²) in [4.78, 5) is 13.0. The van der Waals surface area contributed by atoms with Crippen molar-refractivity contribution in [2.24, 2.45) is 0 Å². The monoisotopic (exact) mass is 237 g/mol. The molecule has 0 aromatic carbocycles. The molecule has 1 heterocycles. The summed E-state index contributed by atoms with van der Waals surface area (Å²) in [5.74, 6) is -1.04. The predicted octanol–water partition coefficient (Wildman–Crippen LogP) is 2.48. The maximum absolute atomic E-state index is 12.2. The van der Waals surface area contributed by atoms with Gasteiger partial charge in [0.15, 0.2) is 6.54 Å². The van der Waals surface area contributed by atoms with E-state index >= 15 is 0 Å².